The zero-order valence-corrected chi connectivity index (χ0v) is 8.58. The third-order valence-electron chi connectivity index (χ3n) is 4.09. The Labute approximate surface area is 80.7 Å². The van der Waals surface area contributed by atoms with Crippen LogP contribution in [0, 0.1) is 11.3 Å². The predicted octanol–water partition coefficient (Wildman–Crippen LogP) is 3.98. The zero-order chi connectivity index (χ0) is 8.44. The molecular weight excluding hydrogens is 168 g/mol. The molecule has 0 aromatic heterocycles. The molecule has 0 N–H and O–H groups in total. The summed E-state index contributed by atoms with van der Waals surface area (Å²) < 4.78 is 0. The molecule has 2 aliphatic rings. The van der Waals surface area contributed by atoms with Crippen molar-refractivity contribution in [3.8, 4) is 0 Å². The maximum Gasteiger partial charge on any atom is 0.0282 e. The van der Waals surface area contributed by atoms with Crippen molar-refractivity contribution in [2.24, 2.45) is 11.3 Å². The van der Waals surface area contributed by atoms with Crippen LogP contribution in [0.5, 0.6) is 0 Å². The van der Waals surface area contributed by atoms with Gasteiger partial charge in [-0.25, -0.2) is 0 Å². The fourth-order valence-electron chi connectivity index (χ4n) is 2.93. The molecule has 2 fully saturated rings. The van der Waals surface area contributed by atoms with E-state index in [1.54, 1.807) is 0 Å². The highest BCUT2D eigenvalue weighted by Crippen LogP contribution is 2.51. The van der Waals surface area contributed by atoms with E-state index in [1.165, 1.54) is 51.4 Å². The number of hydrogen-bond donors (Lipinski definition) is 0. The summed E-state index contributed by atoms with van der Waals surface area (Å²) in [5.41, 5.74) is 0.581. The molecule has 0 unspecified atom stereocenters. The van der Waals surface area contributed by atoms with Gasteiger partial charge in [-0.15, -0.1) is 11.6 Å². The van der Waals surface area contributed by atoms with E-state index in [9.17, 15) is 0 Å². The fourth-order valence-corrected chi connectivity index (χ4v) is 3.41. The van der Waals surface area contributed by atoms with Gasteiger partial charge in [0.25, 0.3) is 0 Å². The maximum atomic E-state index is 6.14. The van der Waals surface area contributed by atoms with Gasteiger partial charge in [0.1, 0.15) is 0 Å². The van der Waals surface area contributed by atoms with Gasteiger partial charge >= 0.3 is 0 Å². The lowest BCUT2D eigenvalue weighted by molar-refractivity contribution is 0.0631. The molecule has 0 bridgehead atoms. The highest BCUT2D eigenvalue weighted by atomic mass is 35.5. The molecule has 0 amide bonds. The second-order valence-electron chi connectivity index (χ2n) is 4.68. The van der Waals surface area contributed by atoms with Crippen molar-refractivity contribution < 1.29 is 0 Å². The highest BCUT2D eigenvalue weighted by molar-refractivity contribution is 6.18. The van der Waals surface area contributed by atoms with Gasteiger partial charge in [-0.2, -0.15) is 0 Å². The van der Waals surface area contributed by atoms with Crippen LogP contribution in [0.15, 0.2) is 0 Å². The number of hydrogen-bond acceptors (Lipinski definition) is 0. The van der Waals surface area contributed by atoms with Crippen LogP contribution in [-0.2, 0) is 0 Å². The Kier molecular flexibility index (Phi) is 2.64. The Morgan fingerprint density at radius 3 is 2.08 bits per heavy atom. The Bertz CT molecular complexity index is 143. The number of rotatable bonds is 2. The van der Waals surface area contributed by atoms with Crippen LogP contribution < -0.4 is 0 Å². The van der Waals surface area contributed by atoms with Gasteiger partial charge in [-0.3, -0.25) is 0 Å². The first-order chi connectivity index (χ1) is 5.87. The molecule has 0 atom stereocenters. The molecular formula is C11H19Cl. The molecule has 12 heavy (non-hydrogen) atoms. The van der Waals surface area contributed by atoms with Crippen LogP contribution in [0.3, 0.4) is 0 Å². The van der Waals surface area contributed by atoms with Gasteiger partial charge in [-0.1, -0.05) is 25.7 Å². The second kappa shape index (κ2) is 3.57. The topological polar surface area (TPSA) is 0 Å². The fraction of sp³-hybridized carbons (Fsp3) is 1.00. The predicted molar refractivity (Wildman–Crippen MR) is 53.6 cm³/mol. The smallest absolute Gasteiger partial charge is 0.0282 e. The molecule has 2 aliphatic carbocycles. The lowest BCUT2D eigenvalue weighted by Gasteiger charge is -2.47. The third-order valence-corrected chi connectivity index (χ3v) is 4.62. The van der Waals surface area contributed by atoms with E-state index in [1.807, 2.05) is 0 Å². The molecule has 0 saturated heterocycles. The summed E-state index contributed by atoms with van der Waals surface area (Å²) in [6, 6.07) is 0. The summed E-state index contributed by atoms with van der Waals surface area (Å²) >= 11 is 6.14. The van der Waals surface area contributed by atoms with E-state index >= 15 is 0 Å². The maximum absolute atomic E-state index is 6.14. The second-order valence-corrected chi connectivity index (χ2v) is 4.95. The largest absolute Gasteiger partial charge is 0.126 e. The quantitative estimate of drug-likeness (QED) is 0.573. The van der Waals surface area contributed by atoms with E-state index in [-0.39, 0.29) is 0 Å². The van der Waals surface area contributed by atoms with Gasteiger partial charge in [0.05, 0.1) is 0 Å². The Morgan fingerprint density at radius 2 is 1.67 bits per heavy atom. The van der Waals surface area contributed by atoms with Gasteiger partial charge in [0.2, 0.25) is 0 Å². The minimum absolute atomic E-state index is 0.581. The molecule has 0 nitrogen and oxygen atoms in total. The molecule has 0 aromatic carbocycles. The van der Waals surface area contributed by atoms with Crippen LogP contribution >= 0.6 is 11.6 Å². The average molecular weight is 187 g/mol. The van der Waals surface area contributed by atoms with Crippen molar-refractivity contribution in [1.29, 1.82) is 0 Å². The molecule has 0 spiro atoms. The van der Waals surface area contributed by atoms with Crippen molar-refractivity contribution in [2.75, 3.05) is 5.88 Å². The molecule has 2 rings (SSSR count). The van der Waals surface area contributed by atoms with Crippen molar-refractivity contribution in [3.05, 3.63) is 0 Å². The van der Waals surface area contributed by atoms with Gasteiger partial charge < -0.3 is 0 Å². The lowest BCUT2D eigenvalue weighted by Crippen LogP contribution is -2.38. The van der Waals surface area contributed by atoms with Crippen molar-refractivity contribution in [1.82, 2.24) is 0 Å². The van der Waals surface area contributed by atoms with E-state index < -0.39 is 0 Å². The SMILES string of the molecule is ClCC1(C2CCC2)CCCCC1. The van der Waals surface area contributed by atoms with Crippen molar-refractivity contribution in [2.45, 2.75) is 51.4 Å². The molecule has 0 radical (unpaired) electrons. The lowest BCUT2D eigenvalue weighted by atomic mass is 9.60. The van der Waals surface area contributed by atoms with Crippen LogP contribution in [0.2, 0.25) is 0 Å². The molecule has 0 aliphatic heterocycles. The first-order valence-electron chi connectivity index (χ1n) is 5.43. The zero-order valence-electron chi connectivity index (χ0n) is 7.82. The summed E-state index contributed by atoms with van der Waals surface area (Å²) in [6.07, 6.45) is 11.5. The summed E-state index contributed by atoms with van der Waals surface area (Å²) in [6.45, 7) is 0. The molecule has 0 aromatic rings. The van der Waals surface area contributed by atoms with Crippen LogP contribution in [0.1, 0.15) is 51.4 Å². The first-order valence-corrected chi connectivity index (χ1v) is 5.97. The summed E-state index contributed by atoms with van der Waals surface area (Å²) in [7, 11) is 0. The van der Waals surface area contributed by atoms with Gasteiger partial charge in [0, 0.05) is 5.88 Å². The minimum atomic E-state index is 0.581. The standard InChI is InChI=1S/C11H19Cl/c12-9-11(10-5-4-6-10)7-2-1-3-8-11/h10H,1-9H2. The van der Waals surface area contributed by atoms with E-state index in [0.717, 1.165) is 11.8 Å². The first kappa shape index (κ1) is 8.87. The summed E-state index contributed by atoms with van der Waals surface area (Å²) in [5, 5.41) is 0. The highest BCUT2D eigenvalue weighted by Gasteiger charge is 2.41. The molecule has 1 heteroatoms. The van der Waals surface area contributed by atoms with Crippen LogP contribution in [0.4, 0.5) is 0 Å². The summed E-state index contributed by atoms with van der Waals surface area (Å²) in [4.78, 5) is 0. The van der Waals surface area contributed by atoms with E-state index in [2.05, 4.69) is 0 Å². The number of halogens is 1. The van der Waals surface area contributed by atoms with E-state index in [0.29, 0.717) is 5.41 Å². The van der Waals surface area contributed by atoms with Gasteiger partial charge in [-0.05, 0) is 37.0 Å². The molecule has 0 heterocycles. The average Bonchev–Trinajstić information content (AvgIpc) is 2.03. The van der Waals surface area contributed by atoms with Gasteiger partial charge in [0.15, 0.2) is 0 Å². The monoisotopic (exact) mass is 186 g/mol. The minimum Gasteiger partial charge on any atom is -0.126 e. The Hall–Kier alpha value is 0.290. The van der Waals surface area contributed by atoms with Crippen LogP contribution in [0.25, 0.3) is 0 Å². The number of alkyl halides is 1. The Morgan fingerprint density at radius 1 is 1.00 bits per heavy atom. The van der Waals surface area contributed by atoms with Crippen LogP contribution in [-0.4, -0.2) is 5.88 Å². The van der Waals surface area contributed by atoms with Crippen molar-refractivity contribution in [3.63, 3.8) is 0 Å². The Balaban J connectivity index is 2.00. The summed E-state index contributed by atoms with van der Waals surface area (Å²) in [5.74, 6) is 1.92. The third kappa shape index (κ3) is 1.39. The van der Waals surface area contributed by atoms with E-state index in [4.69, 9.17) is 11.6 Å². The molecule has 2 saturated carbocycles. The van der Waals surface area contributed by atoms with Crippen molar-refractivity contribution >= 4 is 11.6 Å². The molecule has 70 valence electrons. The normalized spacial score (nSPS) is 29.8.